The van der Waals surface area contributed by atoms with E-state index in [4.69, 9.17) is 10.5 Å². The monoisotopic (exact) mass is 227 g/mol. The van der Waals surface area contributed by atoms with Crippen LogP contribution in [0.1, 0.15) is 5.69 Å². The summed E-state index contributed by atoms with van der Waals surface area (Å²) in [7, 11) is 0. The molecule has 5 heteroatoms. The Hall–Kier alpha value is -2.11. The zero-order valence-corrected chi connectivity index (χ0v) is 9.50. The van der Waals surface area contributed by atoms with Gasteiger partial charge in [0.05, 0.1) is 12.6 Å². The number of piperazine rings is 1. The summed E-state index contributed by atoms with van der Waals surface area (Å²) >= 11 is 0. The molecule has 1 aromatic heterocycles. The minimum Gasteiger partial charge on any atom is -0.369 e. The quantitative estimate of drug-likeness (QED) is 0.692. The molecule has 1 aliphatic heterocycles. The molecule has 0 bridgehead atoms. The molecule has 5 nitrogen and oxygen atoms in total. The standard InChI is InChI=1S/C12H13N5/c13-2-4-16-5-7-17(8-6-16)12-1-3-15-11(9-12)10-14/h1,3,9H,4-8H2. The summed E-state index contributed by atoms with van der Waals surface area (Å²) < 4.78 is 0. The van der Waals surface area contributed by atoms with Crippen LogP contribution in [0, 0.1) is 22.7 Å². The fourth-order valence-corrected chi connectivity index (χ4v) is 1.94. The average molecular weight is 227 g/mol. The maximum absolute atomic E-state index is 8.80. The average Bonchev–Trinajstić information content (AvgIpc) is 2.40. The number of pyridine rings is 1. The van der Waals surface area contributed by atoms with Crippen LogP contribution in [0.4, 0.5) is 5.69 Å². The molecule has 0 atom stereocenters. The van der Waals surface area contributed by atoms with Crippen molar-refractivity contribution in [1.82, 2.24) is 9.88 Å². The molecule has 0 aromatic carbocycles. The predicted molar refractivity (Wildman–Crippen MR) is 63.2 cm³/mol. The highest BCUT2D eigenvalue weighted by molar-refractivity contribution is 5.49. The van der Waals surface area contributed by atoms with E-state index in [1.54, 1.807) is 12.3 Å². The molecule has 1 aliphatic rings. The summed E-state index contributed by atoms with van der Waals surface area (Å²) in [4.78, 5) is 8.30. The topological polar surface area (TPSA) is 67.0 Å². The van der Waals surface area contributed by atoms with Gasteiger partial charge in [0, 0.05) is 38.1 Å². The number of hydrogen-bond donors (Lipinski definition) is 0. The molecule has 2 heterocycles. The number of hydrogen-bond acceptors (Lipinski definition) is 5. The molecular weight excluding hydrogens is 214 g/mol. The van der Waals surface area contributed by atoms with Crippen LogP contribution in [0.3, 0.4) is 0 Å². The van der Waals surface area contributed by atoms with E-state index in [1.165, 1.54) is 0 Å². The molecule has 0 radical (unpaired) electrons. The Balaban J connectivity index is 2.01. The van der Waals surface area contributed by atoms with Crippen LogP contribution in [0.2, 0.25) is 0 Å². The molecule has 2 rings (SSSR count). The molecular formula is C12H13N5. The van der Waals surface area contributed by atoms with E-state index in [9.17, 15) is 0 Å². The second-order valence-electron chi connectivity index (χ2n) is 3.93. The summed E-state index contributed by atoms with van der Waals surface area (Å²) in [6.07, 6.45) is 1.66. The third-order valence-corrected chi connectivity index (χ3v) is 2.89. The largest absolute Gasteiger partial charge is 0.369 e. The number of aromatic nitrogens is 1. The van der Waals surface area contributed by atoms with Crippen molar-refractivity contribution in [3.63, 3.8) is 0 Å². The van der Waals surface area contributed by atoms with Crippen LogP contribution < -0.4 is 4.90 Å². The van der Waals surface area contributed by atoms with Crippen molar-refractivity contribution in [3.8, 4) is 12.1 Å². The van der Waals surface area contributed by atoms with E-state index in [-0.39, 0.29) is 0 Å². The van der Waals surface area contributed by atoms with Gasteiger partial charge in [-0.1, -0.05) is 0 Å². The molecule has 0 N–H and O–H groups in total. The van der Waals surface area contributed by atoms with Gasteiger partial charge in [0.2, 0.25) is 0 Å². The first-order chi connectivity index (χ1) is 8.33. The predicted octanol–water partition coefficient (Wildman–Crippen LogP) is 0.599. The molecule has 1 fully saturated rings. The van der Waals surface area contributed by atoms with Gasteiger partial charge in [-0.2, -0.15) is 10.5 Å². The van der Waals surface area contributed by atoms with Gasteiger partial charge in [0.25, 0.3) is 0 Å². The Morgan fingerprint density at radius 1 is 1.24 bits per heavy atom. The summed E-state index contributed by atoms with van der Waals surface area (Å²) in [5, 5.41) is 17.4. The SMILES string of the molecule is N#CCN1CCN(c2ccnc(C#N)c2)CC1. The van der Waals surface area contributed by atoms with Crippen LogP contribution in [0.5, 0.6) is 0 Å². The maximum atomic E-state index is 8.80. The lowest BCUT2D eigenvalue weighted by Gasteiger charge is -2.34. The smallest absolute Gasteiger partial charge is 0.142 e. The fraction of sp³-hybridized carbons (Fsp3) is 0.417. The normalized spacial score (nSPS) is 16.2. The first-order valence-electron chi connectivity index (χ1n) is 5.54. The highest BCUT2D eigenvalue weighted by atomic mass is 15.3. The molecule has 86 valence electrons. The van der Waals surface area contributed by atoms with Gasteiger partial charge in [-0.25, -0.2) is 4.98 Å². The second kappa shape index (κ2) is 5.29. The van der Waals surface area contributed by atoms with Gasteiger partial charge in [-0.3, -0.25) is 4.90 Å². The number of nitrogens with zero attached hydrogens (tertiary/aromatic N) is 5. The van der Waals surface area contributed by atoms with Crippen molar-refractivity contribution >= 4 is 5.69 Å². The van der Waals surface area contributed by atoms with Crippen LogP contribution in [0.25, 0.3) is 0 Å². The van der Waals surface area contributed by atoms with Crippen LogP contribution in [-0.2, 0) is 0 Å². The highest BCUT2D eigenvalue weighted by Crippen LogP contribution is 2.16. The summed E-state index contributed by atoms with van der Waals surface area (Å²) in [5.74, 6) is 0. The fourth-order valence-electron chi connectivity index (χ4n) is 1.94. The van der Waals surface area contributed by atoms with Gasteiger partial charge in [-0.05, 0) is 12.1 Å². The number of anilines is 1. The van der Waals surface area contributed by atoms with Crippen LogP contribution >= 0.6 is 0 Å². The van der Waals surface area contributed by atoms with Gasteiger partial charge in [0.1, 0.15) is 11.8 Å². The van der Waals surface area contributed by atoms with Crippen molar-refractivity contribution in [2.24, 2.45) is 0 Å². The molecule has 1 saturated heterocycles. The Kier molecular flexibility index (Phi) is 3.54. The maximum Gasteiger partial charge on any atom is 0.142 e. The molecule has 0 spiro atoms. The summed E-state index contributed by atoms with van der Waals surface area (Å²) in [6, 6.07) is 7.93. The van der Waals surface area contributed by atoms with Crippen LogP contribution in [0.15, 0.2) is 18.3 Å². The third kappa shape index (κ3) is 2.72. The van der Waals surface area contributed by atoms with Gasteiger partial charge >= 0.3 is 0 Å². The molecule has 0 amide bonds. The number of rotatable bonds is 2. The third-order valence-electron chi connectivity index (χ3n) is 2.89. The van der Waals surface area contributed by atoms with E-state index < -0.39 is 0 Å². The highest BCUT2D eigenvalue weighted by Gasteiger charge is 2.16. The Morgan fingerprint density at radius 2 is 2.00 bits per heavy atom. The lowest BCUT2D eigenvalue weighted by atomic mass is 10.2. The summed E-state index contributed by atoms with van der Waals surface area (Å²) in [5.41, 5.74) is 1.48. The van der Waals surface area contributed by atoms with Crippen molar-refractivity contribution in [1.29, 1.82) is 10.5 Å². The minimum atomic E-state index is 0.446. The second-order valence-corrected chi connectivity index (χ2v) is 3.93. The van der Waals surface area contributed by atoms with E-state index in [2.05, 4.69) is 20.9 Å². The van der Waals surface area contributed by atoms with Crippen LogP contribution in [-0.4, -0.2) is 42.6 Å². The van der Waals surface area contributed by atoms with E-state index >= 15 is 0 Å². The molecule has 0 saturated carbocycles. The van der Waals surface area contributed by atoms with Gasteiger partial charge in [0.15, 0.2) is 0 Å². The Bertz CT molecular complexity index is 463. The first kappa shape index (κ1) is 11.4. The Morgan fingerprint density at radius 3 is 2.65 bits per heavy atom. The van der Waals surface area contributed by atoms with Crippen molar-refractivity contribution < 1.29 is 0 Å². The number of nitriles is 2. The lowest BCUT2D eigenvalue weighted by Crippen LogP contribution is -2.46. The minimum absolute atomic E-state index is 0.446. The van der Waals surface area contributed by atoms with E-state index in [0.717, 1.165) is 31.9 Å². The lowest BCUT2D eigenvalue weighted by molar-refractivity contribution is 0.287. The van der Waals surface area contributed by atoms with E-state index in [0.29, 0.717) is 12.2 Å². The van der Waals surface area contributed by atoms with E-state index in [1.807, 2.05) is 12.1 Å². The van der Waals surface area contributed by atoms with Crippen molar-refractivity contribution in [3.05, 3.63) is 24.0 Å². The van der Waals surface area contributed by atoms with Crippen molar-refractivity contribution in [2.45, 2.75) is 0 Å². The zero-order chi connectivity index (χ0) is 12.1. The molecule has 0 unspecified atom stereocenters. The molecule has 17 heavy (non-hydrogen) atoms. The van der Waals surface area contributed by atoms with Gasteiger partial charge < -0.3 is 4.90 Å². The summed E-state index contributed by atoms with van der Waals surface area (Å²) in [6.45, 7) is 4.04. The van der Waals surface area contributed by atoms with Gasteiger partial charge in [-0.15, -0.1) is 0 Å². The van der Waals surface area contributed by atoms with Crippen molar-refractivity contribution in [2.75, 3.05) is 37.6 Å². The molecule has 0 aliphatic carbocycles. The Labute approximate surface area is 101 Å². The zero-order valence-electron chi connectivity index (χ0n) is 9.50. The first-order valence-corrected chi connectivity index (χ1v) is 5.54. The molecule has 1 aromatic rings.